The van der Waals surface area contributed by atoms with E-state index in [0.29, 0.717) is 13.1 Å². The van der Waals surface area contributed by atoms with Gasteiger partial charge in [0.15, 0.2) is 6.61 Å². The number of ether oxygens (including phenoxy) is 1. The molecule has 0 aromatic heterocycles. The molecule has 1 amide bonds. The average Bonchev–Trinajstić information content (AvgIpc) is 2.41. The molecular weight excluding hydrogens is 273 g/mol. The van der Waals surface area contributed by atoms with Crippen LogP contribution in [0.2, 0.25) is 0 Å². The van der Waals surface area contributed by atoms with Crippen LogP contribution in [0.25, 0.3) is 0 Å². The lowest BCUT2D eigenvalue weighted by atomic mass is 10.2. The number of alkyl halides is 3. The molecule has 1 aromatic carbocycles. The summed E-state index contributed by atoms with van der Waals surface area (Å²) in [5.41, 5.74) is 4.58. The Hall–Kier alpha value is -1.76. The highest BCUT2D eigenvalue weighted by Crippen LogP contribution is 2.31. The van der Waals surface area contributed by atoms with Crippen molar-refractivity contribution in [3.8, 4) is 5.75 Å². The van der Waals surface area contributed by atoms with Crippen molar-refractivity contribution in [2.24, 2.45) is 11.7 Å². The van der Waals surface area contributed by atoms with E-state index in [9.17, 15) is 18.0 Å². The number of amides is 1. The van der Waals surface area contributed by atoms with Crippen molar-refractivity contribution < 1.29 is 22.7 Å². The van der Waals surface area contributed by atoms with Gasteiger partial charge in [-0.25, -0.2) is 0 Å². The van der Waals surface area contributed by atoms with Crippen LogP contribution in [0.5, 0.6) is 5.75 Å². The lowest BCUT2D eigenvalue weighted by molar-refractivity contribution is -0.137. The maximum atomic E-state index is 12.5. The third-order valence-corrected chi connectivity index (χ3v) is 2.58. The number of rotatable bonds is 6. The fourth-order valence-electron chi connectivity index (χ4n) is 1.33. The molecule has 0 heterocycles. The van der Waals surface area contributed by atoms with E-state index in [-0.39, 0.29) is 18.3 Å². The molecule has 0 fully saturated rings. The van der Waals surface area contributed by atoms with Gasteiger partial charge in [-0.15, -0.1) is 0 Å². The largest absolute Gasteiger partial charge is 0.484 e. The van der Waals surface area contributed by atoms with Crippen molar-refractivity contribution >= 4 is 5.91 Å². The quantitative estimate of drug-likeness (QED) is 0.839. The molecule has 0 saturated carbocycles. The summed E-state index contributed by atoms with van der Waals surface area (Å²) >= 11 is 0. The average molecular weight is 290 g/mol. The van der Waals surface area contributed by atoms with Crippen LogP contribution in [-0.2, 0) is 11.0 Å². The number of hydrogen-bond acceptors (Lipinski definition) is 3. The second-order valence-corrected chi connectivity index (χ2v) is 4.46. The third-order valence-electron chi connectivity index (χ3n) is 2.58. The standard InChI is InChI=1S/C13H17F3N2O2/c1-9(6-17)7-18-12(19)8-20-11-4-2-3-10(5-11)13(14,15)16/h2-5,9H,6-8,17H2,1H3,(H,18,19). The molecule has 7 heteroatoms. The highest BCUT2D eigenvalue weighted by Gasteiger charge is 2.30. The van der Waals surface area contributed by atoms with Crippen LogP contribution < -0.4 is 15.8 Å². The van der Waals surface area contributed by atoms with Gasteiger partial charge in [-0.1, -0.05) is 13.0 Å². The molecule has 0 aliphatic rings. The van der Waals surface area contributed by atoms with Gasteiger partial charge in [-0.2, -0.15) is 13.2 Å². The van der Waals surface area contributed by atoms with Crippen LogP contribution in [-0.4, -0.2) is 25.6 Å². The summed E-state index contributed by atoms with van der Waals surface area (Å²) in [7, 11) is 0. The molecule has 1 atom stereocenters. The number of carbonyl (C=O) groups excluding carboxylic acids is 1. The van der Waals surface area contributed by atoms with E-state index in [2.05, 4.69) is 5.32 Å². The molecule has 0 radical (unpaired) electrons. The Labute approximate surface area is 115 Å². The third kappa shape index (κ3) is 5.48. The van der Waals surface area contributed by atoms with Crippen LogP contribution in [0.1, 0.15) is 12.5 Å². The first-order valence-electron chi connectivity index (χ1n) is 6.09. The van der Waals surface area contributed by atoms with E-state index in [0.717, 1.165) is 12.1 Å². The molecule has 3 N–H and O–H groups in total. The zero-order chi connectivity index (χ0) is 15.2. The summed E-state index contributed by atoms with van der Waals surface area (Å²) in [6.07, 6.45) is -4.43. The highest BCUT2D eigenvalue weighted by molar-refractivity contribution is 5.77. The van der Waals surface area contributed by atoms with Crippen LogP contribution in [0, 0.1) is 5.92 Å². The Morgan fingerprint density at radius 3 is 2.75 bits per heavy atom. The van der Waals surface area contributed by atoms with Crippen molar-refractivity contribution in [2.75, 3.05) is 19.7 Å². The molecule has 1 unspecified atom stereocenters. The molecule has 1 rings (SSSR count). The van der Waals surface area contributed by atoms with E-state index < -0.39 is 17.6 Å². The lowest BCUT2D eigenvalue weighted by Gasteiger charge is -2.12. The Balaban J connectivity index is 2.48. The maximum Gasteiger partial charge on any atom is 0.416 e. The number of carbonyl (C=O) groups is 1. The molecule has 1 aromatic rings. The van der Waals surface area contributed by atoms with Gasteiger partial charge in [0, 0.05) is 6.54 Å². The summed E-state index contributed by atoms with van der Waals surface area (Å²) in [5.74, 6) is -0.267. The fourth-order valence-corrected chi connectivity index (χ4v) is 1.33. The summed E-state index contributed by atoms with van der Waals surface area (Å²) in [5, 5.41) is 2.58. The molecule has 0 spiro atoms. The topological polar surface area (TPSA) is 64.3 Å². The van der Waals surface area contributed by atoms with Gasteiger partial charge in [-0.05, 0) is 30.7 Å². The first kappa shape index (κ1) is 16.3. The van der Waals surface area contributed by atoms with Gasteiger partial charge >= 0.3 is 6.18 Å². The van der Waals surface area contributed by atoms with Gasteiger partial charge in [0.2, 0.25) is 0 Å². The van der Waals surface area contributed by atoms with Gasteiger partial charge in [0.05, 0.1) is 5.56 Å². The van der Waals surface area contributed by atoms with Crippen molar-refractivity contribution in [2.45, 2.75) is 13.1 Å². The predicted molar refractivity (Wildman–Crippen MR) is 68.2 cm³/mol. The van der Waals surface area contributed by atoms with E-state index in [4.69, 9.17) is 10.5 Å². The Morgan fingerprint density at radius 1 is 1.45 bits per heavy atom. The number of hydrogen-bond donors (Lipinski definition) is 2. The molecule has 0 saturated heterocycles. The smallest absolute Gasteiger partial charge is 0.416 e. The first-order valence-corrected chi connectivity index (χ1v) is 6.09. The van der Waals surface area contributed by atoms with Gasteiger partial charge < -0.3 is 15.8 Å². The van der Waals surface area contributed by atoms with Gasteiger partial charge in [-0.3, -0.25) is 4.79 Å². The number of nitrogens with two attached hydrogens (primary N) is 1. The molecule has 0 bridgehead atoms. The highest BCUT2D eigenvalue weighted by atomic mass is 19.4. The minimum absolute atomic E-state index is 0.00171. The van der Waals surface area contributed by atoms with Gasteiger partial charge in [0.25, 0.3) is 5.91 Å². The van der Waals surface area contributed by atoms with Crippen LogP contribution in [0.3, 0.4) is 0 Å². The van der Waals surface area contributed by atoms with E-state index in [1.54, 1.807) is 0 Å². The molecule has 0 aliphatic heterocycles. The molecule has 112 valence electrons. The van der Waals surface area contributed by atoms with Crippen molar-refractivity contribution in [1.82, 2.24) is 5.32 Å². The Bertz CT molecular complexity index is 449. The normalized spacial score (nSPS) is 12.8. The number of halogens is 3. The SMILES string of the molecule is CC(CN)CNC(=O)COc1cccc(C(F)(F)F)c1. The molecule has 0 aliphatic carbocycles. The predicted octanol–water partition coefficient (Wildman–Crippen LogP) is 1.80. The monoisotopic (exact) mass is 290 g/mol. The summed E-state index contributed by atoms with van der Waals surface area (Å²) in [6.45, 7) is 2.38. The fraction of sp³-hybridized carbons (Fsp3) is 0.462. The lowest BCUT2D eigenvalue weighted by Crippen LogP contribution is -2.34. The molecule has 4 nitrogen and oxygen atoms in total. The number of nitrogens with one attached hydrogen (secondary N) is 1. The summed E-state index contributed by atoms with van der Waals surface area (Å²) < 4.78 is 42.4. The van der Waals surface area contributed by atoms with Crippen LogP contribution in [0.15, 0.2) is 24.3 Å². The second kappa shape index (κ2) is 7.14. The van der Waals surface area contributed by atoms with Crippen molar-refractivity contribution in [3.05, 3.63) is 29.8 Å². The molecule has 20 heavy (non-hydrogen) atoms. The van der Waals surface area contributed by atoms with Crippen LogP contribution >= 0.6 is 0 Å². The maximum absolute atomic E-state index is 12.5. The van der Waals surface area contributed by atoms with Crippen molar-refractivity contribution in [3.63, 3.8) is 0 Å². The Morgan fingerprint density at radius 2 is 2.15 bits per heavy atom. The molecular formula is C13H17F3N2O2. The van der Waals surface area contributed by atoms with E-state index >= 15 is 0 Å². The Kier molecular flexibility index (Phi) is 5.82. The van der Waals surface area contributed by atoms with Crippen molar-refractivity contribution in [1.29, 1.82) is 0 Å². The second-order valence-electron chi connectivity index (χ2n) is 4.46. The summed E-state index contributed by atoms with van der Waals surface area (Å²) in [4.78, 5) is 11.4. The minimum Gasteiger partial charge on any atom is -0.484 e. The van der Waals surface area contributed by atoms with E-state index in [1.807, 2.05) is 6.92 Å². The van der Waals surface area contributed by atoms with Gasteiger partial charge in [0.1, 0.15) is 5.75 Å². The van der Waals surface area contributed by atoms with E-state index in [1.165, 1.54) is 12.1 Å². The first-order chi connectivity index (χ1) is 9.32. The summed E-state index contributed by atoms with van der Waals surface area (Å²) in [6, 6.07) is 4.39. The zero-order valence-corrected chi connectivity index (χ0v) is 11.0. The number of benzene rings is 1. The minimum atomic E-state index is -4.43. The van der Waals surface area contributed by atoms with Crippen LogP contribution in [0.4, 0.5) is 13.2 Å². The zero-order valence-electron chi connectivity index (χ0n) is 11.0.